The first-order valence-electron chi connectivity index (χ1n) is 4.97. The van der Waals surface area contributed by atoms with Crippen molar-refractivity contribution >= 4 is 6.03 Å². The molecule has 0 aromatic carbocycles. The number of halogens is 3. The van der Waals surface area contributed by atoms with E-state index in [0.717, 1.165) is 0 Å². The number of carbonyl (C=O) groups is 1. The van der Waals surface area contributed by atoms with Crippen LogP contribution in [0.5, 0.6) is 0 Å². The number of carbonyl (C=O) groups excluding carboxylic acids is 1. The molecule has 0 spiro atoms. The van der Waals surface area contributed by atoms with Crippen LogP contribution < -0.4 is 10.6 Å². The first kappa shape index (κ1) is 13.6. The zero-order valence-electron chi connectivity index (χ0n) is 9.26. The zero-order valence-corrected chi connectivity index (χ0v) is 9.26. The van der Waals surface area contributed by atoms with Crippen molar-refractivity contribution in [2.24, 2.45) is 0 Å². The number of nitrogens with one attached hydrogen (secondary N) is 2. The summed E-state index contributed by atoms with van der Waals surface area (Å²) in [4.78, 5) is 12.5. The van der Waals surface area contributed by atoms with Crippen LogP contribution in [0.3, 0.4) is 0 Å². The Morgan fingerprint density at radius 1 is 1.53 bits per heavy atom. The standard InChI is InChI=1S/C9H13F3N4O/c1-14-8(2-3-13)5-16(6-8)7(17)15-4-9(10,11)12/h14H,2,4-6H2,1H3,(H,15,17). The average molecular weight is 250 g/mol. The molecule has 1 heterocycles. The van der Waals surface area contributed by atoms with Crippen LogP contribution in [0.2, 0.25) is 0 Å². The van der Waals surface area contributed by atoms with Crippen LogP contribution >= 0.6 is 0 Å². The van der Waals surface area contributed by atoms with Gasteiger partial charge in [0.05, 0.1) is 18.0 Å². The summed E-state index contributed by atoms with van der Waals surface area (Å²) in [7, 11) is 1.66. The van der Waals surface area contributed by atoms with Crippen molar-refractivity contribution in [2.75, 3.05) is 26.7 Å². The van der Waals surface area contributed by atoms with E-state index in [9.17, 15) is 18.0 Å². The van der Waals surface area contributed by atoms with Crippen molar-refractivity contribution in [1.29, 1.82) is 5.26 Å². The van der Waals surface area contributed by atoms with Crippen LogP contribution in [0.1, 0.15) is 6.42 Å². The Hall–Kier alpha value is -1.49. The number of alkyl halides is 3. The van der Waals surface area contributed by atoms with Crippen LogP contribution in [-0.4, -0.2) is 49.3 Å². The lowest BCUT2D eigenvalue weighted by molar-refractivity contribution is -0.123. The van der Waals surface area contributed by atoms with Crippen molar-refractivity contribution in [1.82, 2.24) is 15.5 Å². The third-order valence-corrected chi connectivity index (χ3v) is 2.66. The maximum atomic E-state index is 11.9. The van der Waals surface area contributed by atoms with Gasteiger partial charge in [0.1, 0.15) is 6.54 Å². The first-order valence-corrected chi connectivity index (χ1v) is 4.97. The summed E-state index contributed by atoms with van der Waals surface area (Å²) in [6.07, 6.45) is -4.19. The van der Waals surface area contributed by atoms with Gasteiger partial charge < -0.3 is 15.5 Å². The molecule has 1 rings (SSSR count). The predicted molar refractivity (Wildman–Crippen MR) is 53.0 cm³/mol. The molecule has 1 fully saturated rings. The predicted octanol–water partition coefficient (Wildman–Crippen LogP) is 0.446. The molecular formula is C9H13F3N4O. The van der Waals surface area contributed by atoms with E-state index >= 15 is 0 Å². The third kappa shape index (κ3) is 3.49. The van der Waals surface area contributed by atoms with E-state index in [1.807, 2.05) is 6.07 Å². The van der Waals surface area contributed by atoms with Gasteiger partial charge in [-0.25, -0.2) is 4.79 Å². The Bertz CT molecular complexity index is 330. The minimum absolute atomic E-state index is 0.215. The fourth-order valence-electron chi connectivity index (χ4n) is 1.63. The highest BCUT2D eigenvalue weighted by atomic mass is 19.4. The van der Waals surface area contributed by atoms with Gasteiger partial charge in [0, 0.05) is 13.1 Å². The van der Waals surface area contributed by atoms with Crippen LogP contribution in [0.15, 0.2) is 0 Å². The highest BCUT2D eigenvalue weighted by Crippen LogP contribution is 2.24. The SMILES string of the molecule is CNC1(CC#N)CN(C(=O)NCC(F)(F)F)C1. The van der Waals surface area contributed by atoms with Crippen LogP contribution in [0.25, 0.3) is 0 Å². The fraction of sp³-hybridized carbons (Fsp3) is 0.778. The Labute approximate surface area is 96.6 Å². The molecule has 2 N–H and O–H groups in total. The lowest BCUT2D eigenvalue weighted by Gasteiger charge is -2.48. The summed E-state index contributed by atoms with van der Waals surface area (Å²) in [5, 5.41) is 13.3. The Morgan fingerprint density at radius 2 is 2.12 bits per heavy atom. The summed E-state index contributed by atoms with van der Waals surface area (Å²) in [5.41, 5.74) is -0.482. The molecule has 1 saturated heterocycles. The van der Waals surface area contributed by atoms with Crippen molar-refractivity contribution in [3.63, 3.8) is 0 Å². The van der Waals surface area contributed by atoms with Gasteiger partial charge in [0.25, 0.3) is 0 Å². The van der Waals surface area contributed by atoms with Crippen molar-refractivity contribution in [2.45, 2.75) is 18.1 Å². The lowest BCUT2D eigenvalue weighted by atomic mass is 9.87. The largest absolute Gasteiger partial charge is 0.405 e. The van der Waals surface area contributed by atoms with Crippen LogP contribution in [0, 0.1) is 11.3 Å². The van der Waals surface area contributed by atoms with E-state index in [1.54, 1.807) is 12.4 Å². The Kier molecular flexibility index (Phi) is 3.83. The molecule has 0 radical (unpaired) electrons. The van der Waals surface area contributed by atoms with Crippen molar-refractivity contribution in [3.05, 3.63) is 0 Å². The third-order valence-electron chi connectivity index (χ3n) is 2.66. The molecule has 96 valence electrons. The highest BCUT2D eigenvalue weighted by molar-refractivity contribution is 5.75. The van der Waals surface area contributed by atoms with E-state index in [4.69, 9.17) is 5.26 Å². The Balaban J connectivity index is 2.37. The first-order chi connectivity index (χ1) is 7.82. The number of amides is 2. The van der Waals surface area contributed by atoms with Gasteiger partial charge in [-0.05, 0) is 7.05 Å². The second kappa shape index (κ2) is 4.79. The molecule has 0 aliphatic carbocycles. The number of nitriles is 1. The number of urea groups is 1. The number of nitrogens with zero attached hydrogens (tertiary/aromatic N) is 2. The molecular weight excluding hydrogens is 237 g/mol. The number of hydrogen-bond donors (Lipinski definition) is 2. The number of likely N-dealkylation sites (N-methyl/N-ethyl adjacent to an activating group) is 1. The maximum Gasteiger partial charge on any atom is 0.405 e. The quantitative estimate of drug-likeness (QED) is 0.764. The summed E-state index contributed by atoms with van der Waals surface area (Å²) in [5.74, 6) is 0. The average Bonchev–Trinajstić information content (AvgIpc) is 2.18. The molecule has 5 nitrogen and oxygen atoms in total. The number of rotatable bonds is 3. The molecule has 17 heavy (non-hydrogen) atoms. The highest BCUT2D eigenvalue weighted by Gasteiger charge is 2.44. The van der Waals surface area contributed by atoms with Gasteiger partial charge in [-0.2, -0.15) is 18.4 Å². The summed E-state index contributed by atoms with van der Waals surface area (Å²) >= 11 is 0. The fourth-order valence-corrected chi connectivity index (χ4v) is 1.63. The van der Waals surface area contributed by atoms with Gasteiger partial charge >= 0.3 is 12.2 Å². The molecule has 0 unspecified atom stereocenters. The van der Waals surface area contributed by atoms with Gasteiger partial charge in [0.2, 0.25) is 0 Å². The molecule has 0 aromatic heterocycles. The lowest BCUT2D eigenvalue weighted by Crippen LogP contribution is -2.70. The van der Waals surface area contributed by atoms with E-state index in [-0.39, 0.29) is 19.5 Å². The number of likely N-dealkylation sites (tertiary alicyclic amines) is 1. The molecule has 1 aliphatic rings. The summed E-state index contributed by atoms with van der Waals surface area (Å²) in [6.45, 7) is -0.866. The van der Waals surface area contributed by atoms with Crippen LogP contribution in [0.4, 0.5) is 18.0 Å². The number of hydrogen-bond acceptors (Lipinski definition) is 3. The smallest absolute Gasteiger partial charge is 0.329 e. The van der Waals surface area contributed by atoms with Crippen molar-refractivity contribution < 1.29 is 18.0 Å². The van der Waals surface area contributed by atoms with Gasteiger partial charge in [-0.15, -0.1) is 0 Å². The minimum Gasteiger partial charge on any atom is -0.329 e. The topological polar surface area (TPSA) is 68.2 Å². The molecule has 0 aromatic rings. The minimum atomic E-state index is -4.41. The maximum absolute atomic E-state index is 11.9. The summed E-state index contributed by atoms with van der Waals surface area (Å²) in [6, 6.07) is 1.22. The molecule has 8 heteroatoms. The van der Waals surface area contributed by atoms with Crippen molar-refractivity contribution in [3.8, 4) is 6.07 Å². The van der Waals surface area contributed by atoms with Gasteiger partial charge in [-0.3, -0.25) is 0 Å². The molecule has 0 saturated carbocycles. The zero-order chi connectivity index (χ0) is 13.1. The van der Waals surface area contributed by atoms with Gasteiger partial charge in [-0.1, -0.05) is 0 Å². The van der Waals surface area contributed by atoms with Crippen LogP contribution in [-0.2, 0) is 0 Å². The second-order valence-electron chi connectivity index (χ2n) is 4.00. The van der Waals surface area contributed by atoms with Gasteiger partial charge in [0.15, 0.2) is 0 Å². The second-order valence-corrected chi connectivity index (χ2v) is 4.00. The van der Waals surface area contributed by atoms with E-state index in [2.05, 4.69) is 5.32 Å². The van der Waals surface area contributed by atoms with E-state index < -0.39 is 24.3 Å². The molecule has 1 aliphatic heterocycles. The van der Waals surface area contributed by atoms with E-state index in [1.165, 1.54) is 4.90 Å². The molecule has 0 atom stereocenters. The van der Waals surface area contributed by atoms with E-state index in [0.29, 0.717) is 0 Å². The summed E-state index contributed by atoms with van der Waals surface area (Å²) < 4.78 is 35.6. The Morgan fingerprint density at radius 3 is 2.53 bits per heavy atom. The molecule has 2 amide bonds. The normalized spacial score (nSPS) is 18.2. The monoisotopic (exact) mass is 250 g/mol. The molecule has 0 bridgehead atoms.